The molecule has 21 heavy (non-hydrogen) atoms. The van der Waals surface area contributed by atoms with Crippen LogP contribution in [0.25, 0.3) is 0 Å². The molecule has 3 rings (SSSR count). The quantitative estimate of drug-likeness (QED) is 0.866. The predicted octanol–water partition coefficient (Wildman–Crippen LogP) is 3.82. The lowest BCUT2D eigenvalue weighted by Crippen LogP contribution is -2.35. The van der Waals surface area contributed by atoms with E-state index in [1.165, 1.54) is 32.1 Å². The van der Waals surface area contributed by atoms with Crippen LogP contribution in [0.1, 0.15) is 37.7 Å². The molecule has 0 amide bonds. The molecule has 1 saturated carbocycles. The number of hydrogen-bond donors (Lipinski definition) is 1. The number of hydrogen-bond acceptors (Lipinski definition) is 3. The fourth-order valence-corrected chi connectivity index (χ4v) is 3.09. The number of ether oxygens (including phenoxy) is 2. The fraction of sp³-hybridized carbons (Fsp3) is 0.647. The average molecular weight is 310 g/mol. The summed E-state index contributed by atoms with van der Waals surface area (Å²) < 4.78 is 11.3. The van der Waals surface area contributed by atoms with Gasteiger partial charge in [-0.3, -0.25) is 0 Å². The Balaban J connectivity index is 1.70. The van der Waals surface area contributed by atoms with E-state index in [-0.39, 0.29) is 0 Å². The maximum Gasteiger partial charge on any atom is 0.162 e. The molecule has 2 fully saturated rings. The summed E-state index contributed by atoms with van der Waals surface area (Å²) >= 11 is 6.45. The number of halogens is 1. The Morgan fingerprint density at radius 2 is 2.05 bits per heavy atom. The highest BCUT2D eigenvalue weighted by molar-refractivity contribution is 6.31. The van der Waals surface area contributed by atoms with Gasteiger partial charge in [-0.25, -0.2) is 0 Å². The SMILES string of the molecule is COc1cc(CC2CCCCN2)c(Cl)cc1OCC1CC1. The molecule has 1 aliphatic carbocycles. The summed E-state index contributed by atoms with van der Waals surface area (Å²) in [7, 11) is 1.69. The zero-order valence-electron chi connectivity index (χ0n) is 12.7. The van der Waals surface area contributed by atoms with Crippen LogP contribution in [0.3, 0.4) is 0 Å². The lowest BCUT2D eigenvalue weighted by atomic mass is 9.97. The van der Waals surface area contributed by atoms with E-state index in [9.17, 15) is 0 Å². The van der Waals surface area contributed by atoms with Gasteiger partial charge in [0.2, 0.25) is 0 Å². The van der Waals surface area contributed by atoms with Crippen LogP contribution < -0.4 is 14.8 Å². The maximum absolute atomic E-state index is 6.45. The Kier molecular flexibility index (Phi) is 4.91. The van der Waals surface area contributed by atoms with E-state index in [2.05, 4.69) is 5.32 Å². The first-order valence-electron chi connectivity index (χ1n) is 7.99. The standard InChI is InChI=1S/C17H24ClNO2/c1-20-16-9-13(8-14-4-2-3-7-19-14)15(18)10-17(16)21-11-12-5-6-12/h9-10,12,14,19H,2-8,11H2,1H3. The van der Waals surface area contributed by atoms with Crippen molar-refractivity contribution in [3.05, 3.63) is 22.7 Å². The number of rotatable bonds is 6. The third kappa shape index (κ3) is 4.04. The molecule has 1 N–H and O–H groups in total. The summed E-state index contributed by atoms with van der Waals surface area (Å²) in [5.41, 5.74) is 1.15. The van der Waals surface area contributed by atoms with Gasteiger partial charge < -0.3 is 14.8 Å². The van der Waals surface area contributed by atoms with Gasteiger partial charge in [-0.15, -0.1) is 0 Å². The van der Waals surface area contributed by atoms with Crippen molar-refractivity contribution >= 4 is 11.6 Å². The molecule has 1 atom stereocenters. The monoisotopic (exact) mass is 309 g/mol. The molecule has 1 aliphatic heterocycles. The Morgan fingerprint density at radius 3 is 2.71 bits per heavy atom. The van der Waals surface area contributed by atoms with Crippen molar-refractivity contribution < 1.29 is 9.47 Å². The van der Waals surface area contributed by atoms with Crippen LogP contribution in [0.15, 0.2) is 12.1 Å². The Bertz CT molecular complexity index is 482. The summed E-state index contributed by atoms with van der Waals surface area (Å²) in [5, 5.41) is 4.35. The van der Waals surface area contributed by atoms with Crippen LogP contribution in [0.4, 0.5) is 0 Å². The van der Waals surface area contributed by atoms with E-state index in [0.717, 1.165) is 47.6 Å². The van der Waals surface area contributed by atoms with E-state index >= 15 is 0 Å². The zero-order valence-corrected chi connectivity index (χ0v) is 13.4. The molecule has 1 unspecified atom stereocenters. The van der Waals surface area contributed by atoms with Gasteiger partial charge in [-0.05, 0) is 56.2 Å². The zero-order chi connectivity index (χ0) is 14.7. The minimum Gasteiger partial charge on any atom is -0.493 e. The van der Waals surface area contributed by atoms with Crippen molar-refractivity contribution in [1.29, 1.82) is 0 Å². The van der Waals surface area contributed by atoms with Crippen LogP contribution in [0, 0.1) is 5.92 Å². The second-order valence-electron chi connectivity index (χ2n) is 6.20. The van der Waals surface area contributed by atoms with Crippen LogP contribution in [0.5, 0.6) is 11.5 Å². The van der Waals surface area contributed by atoms with Crippen molar-refractivity contribution in [3.63, 3.8) is 0 Å². The van der Waals surface area contributed by atoms with Gasteiger partial charge >= 0.3 is 0 Å². The summed E-state index contributed by atoms with van der Waals surface area (Å²) in [6.07, 6.45) is 7.32. The predicted molar refractivity (Wildman–Crippen MR) is 85.6 cm³/mol. The third-order valence-electron chi connectivity index (χ3n) is 4.38. The number of methoxy groups -OCH3 is 1. The molecule has 1 aromatic rings. The maximum atomic E-state index is 6.45. The number of piperidine rings is 1. The lowest BCUT2D eigenvalue weighted by molar-refractivity contribution is 0.280. The van der Waals surface area contributed by atoms with E-state index < -0.39 is 0 Å². The van der Waals surface area contributed by atoms with Crippen molar-refractivity contribution in [3.8, 4) is 11.5 Å². The van der Waals surface area contributed by atoms with E-state index in [4.69, 9.17) is 21.1 Å². The highest BCUT2D eigenvalue weighted by Crippen LogP contribution is 2.36. The fourth-order valence-electron chi connectivity index (χ4n) is 2.86. The molecular weight excluding hydrogens is 286 g/mol. The van der Waals surface area contributed by atoms with Gasteiger partial charge in [-0.1, -0.05) is 18.0 Å². The van der Waals surface area contributed by atoms with E-state index in [1.54, 1.807) is 7.11 Å². The van der Waals surface area contributed by atoms with E-state index in [1.807, 2.05) is 12.1 Å². The number of nitrogens with one attached hydrogen (secondary N) is 1. The Morgan fingerprint density at radius 1 is 1.19 bits per heavy atom. The Hall–Kier alpha value is -0.930. The molecule has 1 aromatic carbocycles. The second-order valence-corrected chi connectivity index (χ2v) is 6.61. The molecule has 1 saturated heterocycles. The Labute approximate surface area is 132 Å². The minimum absolute atomic E-state index is 0.527. The van der Waals surface area contributed by atoms with Gasteiger partial charge in [0.1, 0.15) is 0 Å². The highest BCUT2D eigenvalue weighted by Gasteiger charge is 2.23. The summed E-state index contributed by atoms with van der Waals surface area (Å²) in [4.78, 5) is 0. The largest absolute Gasteiger partial charge is 0.493 e. The van der Waals surface area contributed by atoms with Gasteiger partial charge in [0.25, 0.3) is 0 Å². The average Bonchev–Trinajstić information content (AvgIpc) is 3.32. The number of benzene rings is 1. The van der Waals surface area contributed by atoms with Gasteiger partial charge in [0.15, 0.2) is 11.5 Å². The normalized spacial score (nSPS) is 22.1. The molecular formula is C17H24ClNO2. The minimum atomic E-state index is 0.527. The van der Waals surface area contributed by atoms with Crippen LogP contribution in [0.2, 0.25) is 5.02 Å². The molecule has 3 nitrogen and oxygen atoms in total. The third-order valence-corrected chi connectivity index (χ3v) is 4.73. The van der Waals surface area contributed by atoms with Crippen molar-refractivity contribution in [2.24, 2.45) is 5.92 Å². The van der Waals surface area contributed by atoms with Crippen LogP contribution in [-0.4, -0.2) is 26.3 Å². The molecule has 116 valence electrons. The molecule has 0 spiro atoms. The van der Waals surface area contributed by atoms with Crippen molar-refractivity contribution in [2.45, 2.75) is 44.6 Å². The molecule has 2 aliphatic rings. The summed E-state index contributed by atoms with van der Waals surface area (Å²) in [6, 6.07) is 4.49. The van der Waals surface area contributed by atoms with Gasteiger partial charge in [0.05, 0.1) is 13.7 Å². The highest BCUT2D eigenvalue weighted by atomic mass is 35.5. The lowest BCUT2D eigenvalue weighted by Gasteiger charge is -2.24. The van der Waals surface area contributed by atoms with Gasteiger partial charge in [-0.2, -0.15) is 0 Å². The van der Waals surface area contributed by atoms with Crippen LogP contribution in [-0.2, 0) is 6.42 Å². The first kappa shape index (κ1) is 15.0. The molecule has 4 heteroatoms. The van der Waals surface area contributed by atoms with Gasteiger partial charge in [0, 0.05) is 17.1 Å². The smallest absolute Gasteiger partial charge is 0.162 e. The second kappa shape index (κ2) is 6.89. The van der Waals surface area contributed by atoms with Crippen LogP contribution >= 0.6 is 11.6 Å². The summed E-state index contributed by atoms with van der Waals surface area (Å²) in [6.45, 7) is 1.89. The first-order valence-corrected chi connectivity index (χ1v) is 8.36. The van der Waals surface area contributed by atoms with E-state index in [0.29, 0.717) is 6.04 Å². The molecule has 1 heterocycles. The molecule has 0 bridgehead atoms. The van der Waals surface area contributed by atoms with Crippen molar-refractivity contribution in [2.75, 3.05) is 20.3 Å². The summed E-state index contributed by atoms with van der Waals surface area (Å²) in [5.74, 6) is 2.29. The first-order chi connectivity index (χ1) is 10.3. The van der Waals surface area contributed by atoms with Crippen molar-refractivity contribution in [1.82, 2.24) is 5.32 Å². The molecule has 0 radical (unpaired) electrons. The molecule has 0 aromatic heterocycles. The topological polar surface area (TPSA) is 30.5 Å².